The molecule has 0 aromatic heterocycles. The maximum absolute atomic E-state index is 10.8. The molecule has 0 aromatic rings. The lowest BCUT2D eigenvalue weighted by Gasteiger charge is -2.24. The van der Waals surface area contributed by atoms with Gasteiger partial charge < -0.3 is 4.74 Å². The van der Waals surface area contributed by atoms with Crippen molar-refractivity contribution in [3.8, 4) is 0 Å². The number of hydrogen-bond acceptors (Lipinski definition) is 5. The molecule has 1 fully saturated rings. The molecule has 1 atom stereocenters. The lowest BCUT2D eigenvalue weighted by Crippen LogP contribution is -2.43. The Labute approximate surface area is 70.1 Å². The number of ether oxygens (including phenoxy) is 1. The summed E-state index contributed by atoms with van der Waals surface area (Å²) < 4.78 is 30.0. The molecule has 68 valence electrons. The third-order valence-electron chi connectivity index (χ3n) is 1.28. The van der Waals surface area contributed by atoms with Crippen molar-refractivity contribution < 1.29 is 22.1 Å². The Morgan fingerprint density at radius 2 is 2.25 bits per heavy atom. The molecule has 1 aliphatic heterocycles. The Bertz CT molecular complexity index is 315. The van der Waals surface area contributed by atoms with Gasteiger partial charge in [0, 0.05) is 5.57 Å². The largest absolute Gasteiger partial charge is 0.437 e. The Hall–Kier alpha value is -0.880. The summed E-state index contributed by atoms with van der Waals surface area (Å²) in [6, 6.07) is 0. The highest BCUT2D eigenvalue weighted by Crippen LogP contribution is 2.18. The molecule has 1 rings (SSSR count). The Morgan fingerprint density at radius 1 is 1.67 bits per heavy atom. The van der Waals surface area contributed by atoms with E-state index in [-0.39, 0.29) is 12.2 Å². The van der Waals surface area contributed by atoms with Crippen LogP contribution in [0.4, 0.5) is 0 Å². The summed E-state index contributed by atoms with van der Waals surface area (Å²) in [4.78, 5) is 10.8. The summed E-state index contributed by atoms with van der Waals surface area (Å²) >= 11 is 0. The first-order valence-corrected chi connectivity index (χ1v) is 4.65. The van der Waals surface area contributed by atoms with E-state index in [9.17, 15) is 13.2 Å². The number of carbonyl (C=O) groups excluding carboxylic acids is 1. The molecular formula is C6H8O5S. The van der Waals surface area contributed by atoms with Gasteiger partial charge in [-0.3, -0.25) is 4.18 Å². The second kappa shape index (κ2) is 2.87. The van der Waals surface area contributed by atoms with Crippen LogP contribution < -0.4 is 0 Å². The SMILES string of the molecule is C=C(C)C(=O)OC1COS1(=O)=O. The molecule has 0 amide bonds. The highest BCUT2D eigenvalue weighted by molar-refractivity contribution is 7.88. The fourth-order valence-electron chi connectivity index (χ4n) is 0.548. The highest BCUT2D eigenvalue weighted by atomic mass is 32.2. The van der Waals surface area contributed by atoms with Crippen LogP contribution >= 0.6 is 0 Å². The normalized spacial score (nSPS) is 25.6. The van der Waals surface area contributed by atoms with Gasteiger partial charge >= 0.3 is 16.1 Å². The van der Waals surface area contributed by atoms with E-state index in [0.29, 0.717) is 0 Å². The lowest BCUT2D eigenvalue weighted by molar-refractivity contribution is -0.144. The van der Waals surface area contributed by atoms with Gasteiger partial charge in [-0.2, -0.15) is 8.42 Å². The van der Waals surface area contributed by atoms with E-state index in [1.807, 2.05) is 0 Å². The summed E-state index contributed by atoms with van der Waals surface area (Å²) in [7, 11) is -3.64. The second-order valence-electron chi connectivity index (χ2n) is 2.39. The molecule has 5 nitrogen and oxygen atoms in total. The van der Waals surface area contributed by atoms with Crippen LogP contribution in [0.25, 0.3) is 0 Å². The van der Waals surface area contributed by atoms with Crippen molar-refractivity contribution in [3.63, 3.8) is 0 Å². The van der Waals surface area contributed by atoms with E-state index in [1.54, 1.807) is 0 Å². The van der Waals surface area contributed by atoms with Crippen LogP contribution in [0.5, 0.6) is 0 Å². The van der Waals surface area contributed by atoms with Crippen LogP contribution in [-0.2, 0) is 23.8 Å². The molecule has 0 aliphatic carbocycles. The molecule has 1 aliphatic rings. The van der Waals surface area contributed by atoms with Crippen LogP contribution in [0.1, 0.15) is 6.92 Å². The first kappa shape index (κ1) is 9.21. The average molecular weight is 192 g/mol. The van der Waals surface area contributed by atoms with Crippen molar-refractivity contribution in [2.75, 3.05) is 6.61 Å². The summed E-state index contributed by atoms with van der Waals surface area (Å²) in [5.41, 5.74) is -0.987. The van der Waals surface area contributed by atoms with Crippen LogP contribution in [0.3, 0.4) is 0 Å². The van der Waals surface area contributed by atoms with Gasteiger partial charge in [0.2, 0.25) is 0 Å². The molecular weight excluding hydrogens is 184 g/mol. The number of carbonyl (C=O) groups is 1. The fourth-order valence-corrected chi connectivity index (χ4v) is 1.22. The van der Waals surface area contributed by atoms with Gasteiger partial charge in [0.25, 0.3) is 5.44 Å². The Balaban J connectivity index is 2.54. The molecule has 1 saturated heterocycles. The number of rotatable bonds is 2. The summed E-state index contributed by atoms with van der Waals surface area (Å²) in [5, 5.41) is 0. The third kappa shape index (κ3) is 1.64. The van der Waals surface area contributed by atoms with Crippen molar-refractivity contribution in [3.05, 3.63) is 12.2 Å². The molecule has 0 radical (unpaired) electrons. The Kier molecular flexibility index (Phi) is 2.20. The van der Waals surface area contributed by atoms with Gasteiger partial charge in [-0.05, 0) is 6.92 Å². The minimum Gasteiger partial charge on any atom is -0.437 e. The first-order valence-electron chi connectivity index (χ1n) is 3.18. The zero-order valence-electron chi connectivity index (χ0n) is 6.44. The van der Waals surface area contributed by atoms with Crippen LogP contribution in [0.15, 0.2) is 12.2 Å². The van der Waals surface area contributed by atoms with Gasteiger partial charge in [0.05, 0.1) is 0 Å². The molecule has 0 spiro atoms. The average Bonchev–Trinajstić information content (AvgIpc) is 1.97. The summed E-state index contributed by atoms with van der Waals surface area (Å²) in [5.74, 6) is -0.716. The van der Waals surface area contributed by atoms with E-state index < -0.39 is 21.5 Å². The molecule has 0 N–H and O–H groups in total. The smallest absolute Gasteiger partial charge is 0.334 e. The fraction of sp³-hybridized carbons (Fsp3) is 0.500. The predicted octanol–water partition coefficient (Wildman–Crippen LogP) is -0.208. The molecule has 1 heterocycles. The standard InChI is InChI=1S/C6H8O5S/c1-4(2)6(7)11-5-3-10-12(5,8)9/h5H,1,3H2,2H3. The maximum Gasteiger partial charge on any atom is 0.334 e. The van der Waals surface area contributed by atoms with E-state index in [1.165, 1.54) is 6.92 Å². The van der Waals surface area contributed by atoms with Crippen molar-refractivity contribution in [2.45, 2.75) is 12.4 Å². The molecule has 0 saturated carbocycles. The number of hydrogen-bond donors (Lipinski definition) is 0. The lowest BCUT2D eigenvalue weighted by atomic mass is 10.4. The topological polar surface area (TPSA) is 69.7 Å². The molecule has 12 heavy (non-hydrogen) atoms. The van der Waals surface area contributed by atoms with E-state index in [0.717, 1.165) is 0 Å². The van der Waals surface area contributed by atoms with Gasteiger partial charge in [-0.25, -0.2) is 4.79 Å². The monoisotopic (exact) mass is 192 g/mol. The molecule has 0 bridgehead atoms. The van der Waals surface area contributed by atoms with Gasteiger partial charge in [0.15, 0.2) is 0 Å². The van der Waals surface area contributed by atoms with Crippen molar-refractivity contribution >= 4 is 16.1 Å². The zero-order valence-corrected chi connectivity index (χ0v) is 7.26. The molecule has 1 unspecified atom stereocenters. The van der Waals surface area contributed by atoms with Crippen molar-refractivity contribution in [1.82, 2.24) is 0 Å². The predicted molar refractivity (Wildman–Crippen MR) is 39.6 cm³/mol. The van der Waals surface area contributed by atoms with Crippen LogP contribution in [0.2, 0.25) is 0 Å². The van der Waals surface area contributed by atoms with Crippen LogP contribution in [-0.4, -0.2) is 26.4 Å². The molecule has 6 heteroatoms. The molecule has 0 aromatic carbocycles. The minimum absolute atomic E-state index is 0.0959. The summed E-state index contributed by atoms with van der Waals surface area (Å²) in [6.45, 7) is 4.65. The highest BCUT2D eigenvalue weighted by Gasteiger charge is 2.40. The van der Waals surface area contributed by atoms with E-state index in [2.05, 4.69) is 15.5 Å². The zero-order chi connectivity index (χ0) is 9.35. The Morgan fingerprint density at radius 3 is 2.50 bits per heavy atom. The van der Waals surface area contributed by atoms with Crippen molar-refractivity contribution in [2.24, 2.45) is 0 Å². The van der Waals surface area contributed by atoms with Crippen LogP contribution in [0, 0.1) is 0 Å². The maximum atomic E-state index is 10.8. The van der Waals surface area contributed by atoms with Crippen molar-refractivity contribution in [1.29, 1.82) is 0 Å². The number of esters is 1. The minimum atomic E-state index is -3.64. The third-order valence-corrected chi connectivity index (χ3v) is 2.62. The van der Waals surface area contributed by atoms with Gasteiger partial charge in [-0.15, -0.1) is 0 Å². The van der Waals surface area contributed by atoms with Gasteiger partial charge in [0.1, 0.15) is 6.61 Å². The van der Waals surface area contributed by atoms with Gasteiger partial charge in [-0.1, -0.05) is 6.58 Å². The first-order chi connectivity index (χ1) is 5.43. The summed E-state index contributed by atoms with van der Waals surface area (Å²) in [6.07, 6.45) is 0. The van der Waals surface area contributed by atoms with E-state index in [4.69, 9.17) is 0 Å². The second-order valence-corrected chi connectivity index (χ2v) is 4.14. The van der Waals surface area contributed by atoms with E-state index >= 15 is 0 Å². The quantitative estimate of drug-likeness (QED) is 0.344.